The van der Waals surface area contributed by atoms with Crippen molar-refractivity contribution >= 4 is 54.0 Å². The lowest BCUT2D eigenvalue weighted by Gasteiger charge is -2.19. The Kier molecular flexibility index (Phi) is 26.5. The van der Waals surface area contributed by atoms with E-state index in [1.54, 1.807) is 95.2 Å². The van der Waals surface area contributed by atoms with Crippen LogP contribution in [-0.4, -0.2) is 121 Å². The Hall–Kier alpha value is -7.71. The zero-order valence-corrected chi connectivity index (χ0v) is 51.5. The summed E-state index contributed by atoms with van der Waals surface area (Å²) in [5.74, 6) is -2.68. The first-order valence-corrected chi connectivity index (χ1v) is 29.2. The van der Waals surface area contributed by atoms with Crippen LogP contribution in [0.25, 0.3) is 0 Å². The van der Waals surface area contributed by atoms with Crippen molar-refractivity contribution in [1.82, 2.24) is 37.0 Å². The lowest BCUT2D eigenvalue weighted by molar-refractivity contribution is -0.172. The molecule has 1 aliphatic heterocycles. The van der Waals surface area contributed by atoms with E-state index in [4.69, 9.17) is 23.8 Å². The van der Waals surface area contributed by atoms with Gasteiger partial charge in [0.2, 0.25) is 0 Å². The SMILES string of the molecule is CC(C)(C)OC(=O)NCCCc1cc(CCCNC(=O)OC(C)(C)C)cc(C(=O)NCCCc2cc(CCCNC(=O)c3cc(CCCNC(=O)OC(C)(C)C)cc(CCCNC(=O)OC(C)(C)C)c3)cc(C(=O)ON3C(=O)CCC3=O)c2)c1. The number of hydrogen-bond donors (Lipinski definition) is 6. The van der Waals surface area contributed by atoms with Crippen LogP contribution in [0.5, 0.6) is 0 Å². The number of carbonyl (C=O) groups excluding carboxylic acids is 9. The Morgan fingerprint density at radius 3 is 0.821 bits per heavy atom. The summed E-state index contributed by atoms with van der Waals surface area (Å²) in [6, 6.07) is 16.5. The number of nitrogens with zero attached hydrogens (tertiary/aromatic N) is 1. The number of nitrogens with one attached hydrogen (secondary N) is 6. The second-order valence-corrected chi connectivity index (χ2v) is 24.9. The normalized spacial score (nSPS) is 12.7. The molecule has 0 unspecified atom stereocenters. The van der Waals surface area contributed by atoms with Crippen molar-refractivity contribution in [2.75, 3.05) is 39.3 Å². The van der Waals surface area contributed by atoms with Crippen LogP contribution >= 0.6 is 0 Å². The van der Waals surface area contributed by atoms with Crippen molar-refractivity contribution in [3.8, 4) is 0 Å². The van der Waals surface area contributed by atoms with E-state index in [1.807, 2.05) is 42.5 Å². The van der Waals surface area contributed by atoms with E-state index in [2.05, 4.69) is 31.9 Å². The smallest absolute Gasteiger partial charge is 0.407 e. The fraction of sp³-hybridized carbons (Fsp3) is 0.571. The summed E-state index contributed by atoms with van der Waals surface area (Å²) in [5, 5.41) is 17.7. The van der Waals surface area contributed by atoms with Crippen LogP contribution in [-0.2, 0) is 71.9 Å². The highest BCUT2D eigenvalue weighted by molar-refractivity contribution is 6.03. The van der Waals surface area contributed by atoms with Crippen molar-refractivity contribution in [3.05, 3.63) is 105 Å². The van der Waals surface area contributed by atoms with Gasteiger partial charge in [-0.15, -0.1) is 5.06 Å². The summed E-state index contributed by atoms with van der Waals surface area (Å²) in [7, 11) is 0. The minimum Gasteiger partial charge on any atom is -0.444 e. The minimum absolute atomic E-state index is 0.0621. The second kappa shape index (κ2) is 32.4. The summed E-state index contributed by atoms with van der Waals surface area (Å²) in [6.07, 6.45) is 4.29. The Morgan fingerprint density at radius 1 is 0.357 bits per heavy atom. The lowest BCUT2D eigenvalue weighted by atomic mass is 9.98. The standard InChI is InChI=1S/C63H91N7O14/c1-60(2,3)80-56(76)66-29-15-21-42-33-43(22-16-30-67-57(77)81-61(4,5)6)37-48(36-42)53(73)64-27-13-19-46-35-47(41-50(40-46)55(75)84-70-51(71)25-26-52(70)72)20-14-28-65-54(74)49-38-44(23-17-31-68-58(78)82-62(7,8)9)34-45(39-49)24-18-32-69-59(79)83-63(10,11)12/h33-41H,13-32H2,1-12H3,(H,64,73)(H,65,74)(H,66,76)(H,67,77)(H,68,78)(H,69,79). The van der Waals surface area contributed by atoms with E-state index >= 15 is 0 Å². The van der Waals surface area contributed by atoms with E-state index in [0.29, 0.717) is 119 Å². The molecule has 21 heteroatoms. The summed E-state index contributed by atoms with van der Waals surface area (Å²) < 4.78 is 21.4. The highest BCUT2D eigenvalue weighted by atomic mass is 16.7. The molecule has 462 valence electrons. The van der Waals surface area contributed by atoms with Gasteiger partial charge in [-0.1, -0.05) is 18.2 Å². The van der Waals surface area contributed by atoms with Crippen LogP contribution in [0.1, 0.15) is 199 Å². The number of amides is 8. The number of rotatable bonds is 28. The third-order valence-corrected chi connectivity index (χ3v) is 12.2. The van der Waals surface area contributed by atoms with E-state index in [1.165, 1.54) is 0 Å². The number of alkyl carbamates (subject to hydrolysis) is 4. The van der Waals surface area contributed by atoms with Crippen LogP contribution in [0.15, 0.2) is 54.6 Å². The van der Waals surface area contributed by atoms with Crippen LogP contribution < -0.4 is 31.9 Å². The number of aryl methyl sites for hydroxylation is 6. The third kappa shape index (κ3) is 28.0. The van der Waals surface area contributed by atoms with Gasteiger partial charge < -0.3 is 55.7 Å². The van der Waals surface area contributed by atoms with Gasteiger partial charge in [0.15, 0.2) is 0 Å². The monoisotopic (exact) mass is 1170 g/mol. The molecular formula is C63H91N7O14. The molecule has 3 aromatic rings. The number of imide groups is 1. The molecule has 21 nitrogen and oxygen atoms in total. The van der Waals surface area contributed by atoms with Gasteiger partial charge in [0.1, 0.15) is 22.4 Å². The van der Waals surface area contributed by atoms with E-state index in [9.17, 15) is 43.2 Å². The van der Waals surface area contributed by atoms with E-state index in [-0.39, 0.29) is 43.3 Å². The molecule has 1 fully saturated rings. The zero-order chi connectivity index (χ0) is 62.3. The maximum atomic E-state index is 13.8. The predicted molar refractivity (Wildman–Crippen MR) is 317 cm³/mol. The van der Waals surface area contributed by atoms with Crippen molar-refractivity contribution < 1.29 is 66.9 Å². The summed E-state index contributed by atoms with van der Waals surface area (Å²) >= 11 is 0. The molecule has 0 aliphatic carbocycles. The van der Waals surface area contributed by atoms with E-state index < -0.39 is 64.6 Å². The minimum atomic E-state index is -0.878. The Balaban J connectivity index is 1.43. The number of carbonyl (C=O) groups is 9. The van der Waals surface area contributed by atoms with Crippen LogP contribution in [0.2, 0.25) is 0 Å². The first-order chi connectivity index (χ1) is 39.3. The van der Waals surface area contributed by atoms with E-state index in [0.717, 1.165) is 33.4 Å². The zero-order valence-electron chi connectivity index (χ0n) is 51.5. The molecule has 4 rings (SSSR count). The van der Waals surface area contributed by atoms with Crippen LogP contribution in [0.4, 0.5) is 19.2 Å². The van der Waals surface area contributed by atoms with Crippen LogP contribution in [0, 0.1) is 0 Å². The number of hydrogen-bond acceptors (Lipinski definition) is 14. The van der Waals surface area contributed by atoms with Gasteiger partial charge in [-0.25, -0.2) is 24.0 Å². The molecule has 1 aliphatic rings. The van der Waals surface area contributed by atoms with Gasteiger partial charge in [0.25, 0.3) is 23.6 Å². The maximum Gasteiger partial charge on any atom is 0.407 e. The molecular weight excluding hydrogens is 1080 g/mol. The Bertz CT molecular complexity index is 2490. The third-order valence-electron chi connectivity index (χ3n) is 12.2. The summed E-state index contributed by atoms with van der Waals surface area (Å²) in [4.78, 5) is 120. The quantitative estimate of drug-likeness (QED) is 0.0225. The Morgan fingerprint density at radius 2 is 0.583 bits per heavy atom. The molecule has 8 amide bonds. The number of hydroxylamine groups is 2. The molecule has 3 aromatic carbocycles. The van der Waals surface area contributed by atoms with Gasteiger partial charge in [-0.2, -0.15) is 0 Å². The largest absolute Gasteiger partial charge is 0.444 e. The molecule has 1 heterocycles. The first-order valence-electron chi connectivity index (χ1n) is 29.2. The summed E-state index contributed by atoms with van der Waals surface area (Å²) in [6.45, 7) is 23.5. The average molecular weight is 1170 g/mol. The highest BCUT2D eigenvalue weighted by Gasteiger charge is 2.33. The van der Waals surface area contributed by atoms with Crippen molar-refractivity contribution in [3.63, 3.8) is 0 Å². The van der Waals surface area contributed by atoms with Crippen LogP contribution in [0.3, 0.4) is 0 Å². The Labute approximate surface area is 495 Å². The molecule has 0 radical (unpaired) electrons. The number of benzene rings is 3. The fourth-order valence-corrected chi connectivity index (χ4v) is 8.71. The van der Waals surface area contributed by atoms with Gasteiger partial charge >= 0.3 is 30.3 Å². The number of ether oxygens (including phenoxy) is 4. The maximum absolute atomic E-state index is 13.8. The fourth-order valence-electron chi connectivity index (χ4n) is 8.71. The summed E-state index contributed by atoms with van der Waals surface area (Å²) in [5.41, 5.74) is 3.59. The van der Waals surface area contributed by atoms with Gasteiger partial charge in [-0.05, 0) is 230 Å². The van der Waals surface area contributed by atoms with Crippen molar-refractivity contribution in [2.24, 2.45) is 0 Å². The van der Waals surface area contributed by atoms with Crippen molar-refractivity contribution in [2.45, 2.75) is 195 Å². The second-order valence-electron chi connectivity index (χ2n) is 24.9. The van der Waals surface area contributed by atoms with Gasteiger partial charge in [0.05, 0.1) is 5.56 Å². The van der Waals surface area contributed by atoms with Gasteiger partial charge in [0, 0.05) is 63.2 Å². The highest BCUT2D eigenvalue weighted by Crippen LogP contribution is 2.21. The molecule has 0 aromatic heterocycles. The average Bonchev–Trinajstić information content (AvgIpc) is 3.67. The molecule has 6 N–H and O–H groups in total. The topological polar surface area (TPSA) is 275 Å². The predicted octanol–water partition coefficient (Wildman–Crippen LogP) is 9.46. The lowest BCUT2D eigenvalue weighted by Crippen LogP contribution is -2.33. The molecule has 0 bridgehead atoms. The molecule has 0 saturated carbocycles. The molecule has 0 atom stereocenters. The van der Waals surface area contributed by atoms with Gasteiger partial charge in [-0.3, -0.25) is 19.2 Å². The first kappa shape index (κ1) is 68.8. The molecule has 84 heavy (non-hydrogen) atoms. The van der Waals surface area contributed by atoms with Crippen molar-refractivity contribution in [1.29, 1.82) is 0 Å². The molecule has 1 saturated heterocycles. The molecule has 0 spiro atoms.